The molecule has 5 rings (SSSR count). The summed E-state index contributed by atoms with van der Waals surface area (Å²) in [5.74, 6) is -4.07. The van der Waals surface area contributed by atoms with Crippen LogP contribution < -0.4 is 21.1 Å². The Balaban J connectivity index is 1.33. The zero-order chi connectivity index (χ0) is 34.7. The highest BCUT2D eigenvalue weighted by Gasteiger charge is 2.55. The van der Waals surface area contributed by atoms with Gasteiger partial charge in [-0.05, 0) is 13.0 Å². The zero-order valence-corrected chi connectivity index (χ0v) is 27.5. The Morgan fingerprint density at radius 3 is 2.73 bits per heavy atom. The van der Waals surface area contributed by atoms with E-state index in [-0.39, 0.29) is 39.8 Å². The quantitative estimate of drug-likeness (QED) is 0.0701. The molecule has 1 saturated heterocycles. The largest absolute Gasteiger partial charge is 0.478 e. The van der Waals surface area contributed by atoms with E-state index in [0.717, 1.165) is 27.3 Å². The molecule has 5 heterocycles. The van der Waals surface area contributed by atoms with Crippen molar-refractivity contribution in [2.75, 3.05) is 25.2 Å². The molecule has 48 heavy (non-hydrogen) atoms. The minimum atomic E-state index is -1.43. The Hall–Kier alpha value is -4.92. The van der Waals surface area contributed by atoms with Crippen LogP contribution in [0.25, 0.3) is 11.0 Å². The summed E-state index contributed by atoms with van der Waals surface area (Å²) in [5.41, 5.74) is 8.93. The Kier molecular flexibility index (Phi) is 10.4. The zero-order valence-electron chi connectivity index (χ0n) is 25.1. The lowest BCUT2D eigenvalue weighted by atomic mass is 10.0. The molecule has 0 spiro atoms. The summed E-state index contributed by atoms with van der Waals surface area (Å²) in [7, 11) is 1.29. The number of nitrogens with two attached hydrogens (primary N) is 1. The van der Waals surface area contributed by atoms with Gasteiger partial charge in [0, 0.05) is 29.7 Å². The third-order valence-corrected chi connectivity index (χ3v) is 9.58. The van der Waals surface area contributed by atoms with Crippen LogP contribution in [0.4, 0.5) is 9.93 Å². The summed E-state index contributed by atoms with van der Waals surface area (Å²) in [6, 6.07) is 4.35. The number of thioether (sulfide) groups is 1. The lowest BCUT2D eigenvalue weighted by Crippen LogP contribution is -2.71. The van der Waals surface area contributed by atoms with Gasteiger partial charge in [0.15, 0.2) is 23.6 Å². The molecule has 3 amide bonds. The lowest BCUT2D eigenvalue weighted by molar-refractivity contribution is -0.663. The normalized spacial score (nSPS) is 18.2. The monoisotopic (exact) mass is 723 g/mol. The number of nitrogens with zero attached hydrogens (tertiary/aromatic N) is 5. The lowest BCUT2D eigenvalue weighted by Gasteiger charge is -2.49. The number of carbonyl (C=O) groups is 5. The molecule has 3 aromatic rings. The number of carboxylic acids is 2. The fourth-order valence-electron chi connectivity index (χ4n) is 4.95. The van der Waals surface area contributed by atoms with Gasteiger partial charge >= 0.3 is 18.0 Å². The predicted octanol–water partition coefficient (Wildman–Crippen LogP) is 0.541. The highest BCUT2D eigenvalue weighted by atomic mass is 35.5. The summed E-state index contributed by atoms with van der Waals surface area (Å²) in [5, 5.41) is 24.8. The van der Waals surface area contributed by atoms with Crippen molar-refractivity contribution < 1.29 is 53.2 Å². The smallest absolute Gasteiger partial charge is 0.431 e. The Morgan fingerprint density at radius 1 is 1.29 bits per heavy atom. The number of nitrogen functional groups attached to an aromatic ring is 1. The van der Waals surface area contributed by atoms with Crippen LogP contribution in [0, 0.1) is 0 Å². The SMILES string of the molecule is CONC(=O)OCCn1ccc2c1ccc[n+]2CC1=C(C(=O)O)N2C(=O)[C@@H](NC(=O)C(=NO[C@@H](C)C(=O)O)c3nc(N)sc3Cl)[C@H]2SC1. The number of halogens is 1. The number of carboxylic acid groups (broad SMARTS) is 2. The summed E-state index contributed by atoms with van der Waals surface area (Å²) in [4.78, 5) is 76.5. The van der Waals surface area contributed by atoms with Gasteiger partial charge in [0.1, 0.15) is 39.3 Å². The van der Waals surface area contributed by atoms with Crippen molar-refractivity contribution in [1.29, 1.82) is 0 Å². The minimum absolute atomic E-state index is 0.00501. The number of amides is 3. The number of anilines is 1. The van der Waals surface area contributed by atoms with Gasteiger partial charge in [0.2, 0.25) is 11.6 Å². The van der Waals surface area contributed by atoms with Crippen LogP contribution in [0.5, 0.6) is 0 Å². The number of carbonyl (C=O) groups excluding carboxylic acids is 3. The van der Waals surface area contributed by atoms with E-state index in [1.807, 2.05) is 21.3 Å². The molecule has 2 aliphatic heterocycles. The standard InChI is InChI=1S/C27H27ClN8O10S2/c1-12(24(39)40)46-32-17(16-20(28)48-26(29)31-16)21(37)30-18-22(38)36-19(25(41)42)13(11-47-23(18)36)10-35-6-3-4-14-15(35)5-7-34(14)8-9-45-27(43)33-44-2/h3-7,12,18,23H,8-11H2,1-2H3,(H5-,29,30,31,33,37,39,40,41,42,43)/p+1/t12-,18+,23+/m0/s1. The van der Waals surface area contributed by atoms with E-state index < -0.39 is 53.1 Å². The maximum atomic E-state index is 13.4. The Labute approximate surface area is 284 Å². The van der Waals surface area contributed by atoms with E-state index >= 15 is 0 Å². The number of β-lactam (4-membered cyclic amide) rings is 1. The second kappa shape index (κ2) is 14.5. The van der Waals surface area contributed by atoms with Crippen molar-refractivity contribution in [3.05, 3.63) is 51.9 Å². The molecule has 254 valence electrons. The van der Waals surface area contributed by atoms with Crippen molar-refractivity contribution in [3.63, 3.8) is 0 Å². The summed E-state index contributed by atoms with van der Waals surface area (Å²) in [6.07, 6.45) is 1.43. The van der Waals surface area contributed by atoms with E-state index in [4.69, 9.17) is 32.0 Å². The molecule has 2 aliphatic rings. The first kappa shape index (κ1) is 34.4. The first-order chi connectivity index (χ1) is 22.9. The van der Waals surface area contributed by atoms with Crippen molar-refractivity contribution in [1.82, 2.24) is 25.2 Å². The number of pyridine rings is 1. The Morgan fingerprint density at radius 2 is 2.06 bits per heavy atom. The molecular weight excluding hydrogens is 696 g/mol. The van der Waals surface area contributed by atoms with Crippen LogP contribution in [0.1, 0.15) is 12.6 Å². The molecule has 6 N–H and O–H groups in total. The average molecular weight is 724 g/mol. The minimum Gasteiger partial charge on any atom is -0.478 e. The molecular formula is C27H28ClN8O10S2+. The molecule has 18 nitrogen and oxygen atoms in total. The van der Waals surface area contributed by atoms with Crippen LogP contribution in [-0.4, -0.2) is 97.2 Å². The van der Waals surface area contributed by atoms with Crippen LogP contribution in [0.3, 0.4) is 0 Å². The first-order valence-corrected chi connectivity index (χ1v) is 16.2. The molecule has 21 heteroatoms. The number of aromatic nitrogens is 3. The van der Waals surface area contributed by atoms with Gasteiger partial charge in [-0.25, -0.2) is 19.4 Å². The topological polar surface area (TPSA) is 241 Å². The van der Waals surface area contributed by atoms with Gasteiger partial charge in [0.25, 0.3) is 11.8 Å². The van der Waals surface area contributed by atoms with Gasteiger partial charge in [-0.2, -0.15) is 10.0 Å². The predicted molar refractivity (Wildman–Crippen MR) is 170 cm³/mol. The number of hydrogen-bond donors (Lipinski definition) is 5. The van der Waals surface area contributed by atoms with Crippen molar-refractivity contribution in [2.45, 2.75) is 37.5 Å². The molecule has 0 bridgehead atoms. The van der Waals surface area contributed by atoms with Crippen molar-refractivity contribution in [3.8, 4) is 0 Å². The maximum Gasteiger partial charge on any atom is 0.431 e. The average Bonchev–Trinajstić information content (AvgIpc) is 3.61. The van der Waals surface area contributed by atoms with Crippen LogP contribution in [-0.2, 0) is 46.7 Å². The van der Waals surface area contributed by atoms with Crippen molar-refractivity contribution in [2.24, 2.45) is 5.16 Å². The summed E-state index contributed by atoms with van der Waals surface area (Å²) < 4.78 is 8.74. The number of fused-ring (bicyclic) bond motifs is 2. The van der Waals surface area contributed by atoms with Crippen LogP contribution in [0.15, 0.2) is 47.0 Å². The van der Waals surface area contributed by atoms with Crippen LogP contribution >= 0.6 is 34.7 Å². The second-order valence-corrected chi connectivity index (χ2v) is 12.9. The van der Waals surface area contributed by atoms with Gasteiger partial charge in [-0.3, -0.25) is 19.3 Å². The van der Waals surface area contributed by atoms with E-state index in [1.165, 1.54) is 25.8 Å². The van der Waals surface area contributed by atoms with Crippen LogP contribution in [0.2, 0.25) is 4.34 Å². The number of ether oxygens (including phenoxy) is 1. The van der Waals surface area contributed by atoms with E-state index in [9.17, 15) is 29.1 Å². The molecule has 3 aromatic heterocycles. The molecule has 0 unspecified atom stereocenters. The molecule has 0 aromatic carbocycles. The number of nitrogens with one attached hydrogen (secondary N) is 2. The third kappa shape index (κ3) is 7.00. The molecule has 3 atom stereocenters. The van der Waals surface area contributed by atoms with Gasteiger partial charge < -0.3 is 35.4 Å². The summed E-state index contributed by atoms with van der Waals surface area (Å²) >= 11 is 8.27. The number of hydrogen-bond acceptors (Lipinski definition) is 13. The first-order valence-electron chi connectivity index (χ1n) is 13.9. The molecule has 1 fully saturated rings. The Bertz CT molecular complexity index is 1860. The number of thiazole rings is 1. The fraction of sp³-hybridized carbons (Fsp3) is 0.333. The molecule has 0 aliphatic carbocycles. The maximum absolute atomic E-state index is 13.4. The van der Waals surface area contributed by atoms with E-state index in [1.54, 1.807) is 18.5 Å². The third-order valence-electron chi connectivity index (χ3n) is 7.15. The highest BCUT2D eigenvalue weighted by molar-refractivity contribution is 8.00. The number of rotatable bonds is 13. The summed E-state index contributed by atoms with van der Waals surface area (Å²) in [6.45, 7) is 1.76. The molecule has 0 saturated carbocycles. The second-order valence-electron chi connectivity index (χ2n) is 10.2. The highest BCUT2D eigenvalue weighted by Crippen LogP contribution is 2.40. The number of hydroxylamine groups is 1. The number of oxime groups is 1. The van der Waals surface area contributed by atoms with Gasteiger partial charge in [0.05, 0.1) is 13.7 Å². The van der Waals surface area contributed by atoms with E-state index in [0.29, 0.717) is 12.1 Å². The van der Waals surface area contributed by atoms with Gasteiger partial charge in [-0.15, -0.1) is 11.8 Å². The van der Waals surface area contributed by atoms with Gasteiger partial charge in [-0.1, -0.05) is 28.1 Å². The fourth-order valence-corrected chi connectivity index (χ4v) is 7.21. The van der Waals surface area contributed by atoms with E-state index in [2.05, 4.69) is 25.8 Å². The molecule has 0 radical (unpaired) electrons. The van der Waals surface area contributed by atoms with Crippen molar-refractivity contribution >= 4 is 86.4 Å². The number of aliphatic carboxylic acids is 2.